The molecule has 1 heterocycles. The Hall–Kier alpha value is -1.72. The van der Waals surface area contributed by atoms with Crippen molar-refractivity contribution in [1.82, 2.24) is 20.3 Å². The van der Waals surface area contributed by atoms with Crippen molar-refractivity contribution in [2.75, 3.05) is 19.3 Å². The summed E-state index contributed by atoms with van der Waals surface area (Å²) in [5.41, 5.74) is -0.0518. The van der Waals surface area contributed by atoms with Crippen molar-refractivity contribution < 1.29 is 23.1 Å². The first-order valence-electron chi connectivity index (χ1n) is 5.92. The minimum absolute atomic E-state index is 0.0518. The van der Waals surface area contributed by atoms with Crippen LogP contribution >= 0.6 is 11.3 Å². The Kier molecular flexibility index (Phi) is 6.52. The Morgan fingerprint density at radius 2 is 2.05 bits per heavy atom. The second kappa shape index (κ2) is 7.90. The molecule has 0 fully saturated rings. The molecule has 0 aliphatic carbocycles. The van der Waals surface area contributed by atoms with Gasteiger partial charge >= 0.3 is 12.0 Å². The summed E-state index contributed by atoms with van der Waals surface area (Å²) in [6.07, 6.45) is 1.52. The van der Waals surface area contributed by atoms with Crippen LogP contribution in [-0.2, 0) is 16.6 Å². The van der Waals surface area contributed by atoms with Crippen molar-refractivity contribution in [2.45, 2.75) is 13.0 Å². The van der Waals surface area contributed by atoms with Crippen molar-refractivity contribution in [3.63, 3.8) is 0 Å². The molecule has 1 aromatic rings. The summed E-state index contributed by atoms with van der Waals surface area (Å²) in [6, 6.07) is -0.429. The predicted molar refractivity (Wildman–Crippen MR) is 76.8 cm³/mol. The second-order valence-electron chi connectivity index (χ2n) is 4.06. The van der Waals surface area contributed by atoms with E-state index in [1.54, 1.807) is 0 Å². The van der Waals surface area contributed by atoms with Crippen LogP contribution in [0.15, 0.2) is 5.38 Å². The average molecular weight is 336 g/mol. The number of thiazole rings is 1. The zero-order chi connectivity index (χ0) is 15.9. The fraction of sp³-hybridized carbons (Fsp3) is 0.500. The molecule has 0 radical (unpaired) electrons. The van der Waals surface area contributed by atoms with Crippen molar-refractivity contribution >= 4 is 33.4 Å². The molecule has 0 saturated heterocycles. The molecule has 0 unspecified atom stereocenters. The minimum Gasteiger partial charge on any atom is -0.476 e. The number of nitrogens with one attached hydrogen (secondary N) is 3. The van der Waals surface area contributed by atoms with Crippen LogP contribution in [0.5, 0.6) is 0 Å². The van der Waals surface area contributed by atoms with Crippen molar-refractivity contribution in [1.29, 1.82) is 0 Å². The van der Waals surface area contributed by atoms with E-state index in [-0.39, 0.29) is 18.8 Å². The van der Waals surface area contributed by atoms with E-state index in [9.17, 15) is 18.0 Å². The number of hydrogen-bond acceptors (Lipinski definition) is 6. The Morgan fingerprint density at radius 1 is 1.33 bits per heavy atom. The van der Waals surface area contributed by atoms with Gasteiger partial charge in [0.2, 0.25) is 10.0 Å². The molecular formula is C10H16N4O5S2. The molecule has 0 aliphatic heterocycles. The number of sulfonamides is 1. The van der Waals surface area contributed by atoms with Gasteiger partial charge in [-0.3, -0.25) is 0 Å². The van der Waals surface area contributed by atoms with E-state index < -0.39 is 22.0 Å². The number of carbonyl (C=O) groups is 2. The molecule has 4 N–H and O–H groups in total. The van der Waals surface area contributed by atoms with Gasteiger partial charge < -0.3 is 15.7 Å². The number of amides is 2. The largest absolute Gasteiger partial charge is 0.476 e. The SMILES string of the molecule is CS(=O)(=O)NCCCNC(=O)NCc1nc(C(=O)O)cs1. The normalized spacial score (nSPS) is 11.1. The number of aromatic nitrogens is 1. The summed E-state index contributed by atoms with van der Waals surface area (Å²) in [4.78, 5) is 25.9. The molecule has 21 heavy (non-hydrogen) atoms. The van der Waals surface area contributed by atoms with Crippen LogP contribution in [-0.4, -0.2) is 49.9 Å². The van der Waals surface area contributed by atoms with Crippen LogP contribution in [0.1, 0.15) is 21.9 Å². The zero-order valence-electron chi connectivity index (χ0n) is 11.2. The highest BCUT2D eigenvalue weighted by Crippen LogP contribution is 2.09. The summed E-state index contributed by atoms with van der Waals surface area (Å²) in [5.74, 6) is -1.11. The lowest BCUT2D eigenvalue weighted by Crippen LogP contribution is -2.36. The smallest absolute Gasteiger partial charge is 0.355 e. The summed E-state index contributed by atoms with van der Waals surface area (Å²) in [7, 11) is -3.21. The summed E-state index contributed by atoms with van der Waals surface area (Å²) in [5, 5.41) is 15.6. The number of carboxylic acid groups (broad SMARTS) is 1. The van der Waals surface area contributed by atoms with E-state index in [1.165, 1.54) is 5.38 Å². The van der Waals surface area contributed by atoms with E-state index in [0.717, 1.165) is 17.6 Å². The standard InChI is InChI=1S/C10H16N4O5S2/c1-21(18,19)13-4-2-3-11-10(17)12-5-8-14-7(6-20-8)9(15)16/h6,13H,2-5H2,1H3,(H,15,16)(H2,11,12,17). The fourth-order valence-corrected chi connectivity index (χ4v) is 2.48. The van der Waals surface area contributed by atoms with E-state index in [2.05, 4.69) is 20.3 Å². The highest BCUT2D eigenvalue weighted by molar-refractivity contribution is 7.88. The molecule has 1 aromatic heterocycles. The minimum atomic E-state index is -3.21. The fourth-order valence-electron chi connectivity index (χ4n) is 1.26. The third-order valence-corrected chi connectivity index (χ3v) is 3.75. The Morgan fingerprint density at radius 3 is 2.62 bits per heavy atom. The predicted octanol–water partition coefficient (Wildman–Crippen LogP) is -0.420. The van der Waals surface area contributed by atoms with E-state index in [0.29, 0.717) is 18.0 Å². The second-order valence-corrected chi connectivity index (χ2v) is 6.84. The number of aromatic carboxylic acids is 1. The number of urea groups is 1. The van der Waals surface area contributed by atoms with Crippen LogP contribution in [0.4, 0.5) is 4.79 Å². The van der Waals surface area contributed by atoms with Crippen LogP contribution in [0.25, 0.3) is 0 Å². The third kappa shape index (κ3) is 7.58. The Balaban J connectivity index is 2.17. The number of nitrogens with zero attached hydrogens (tertiary/aromatic N) is 1. The molecule has 0 bridgehead atoms. The first kappa shape index (κ1) is 17.3. The zero-order valence-corrected chi connectivity index (χ0v) is 12.9. The average Bonchev–Trinajstić information content (AvgIpc) is 2.83. The van der Waals surface area contributed by atoms with E-state index >= 15 is 0 Å². The molecule has 9 nitrogen and oxygen atoms in total. The molecule has 118 valence electrons. The van der Waals surface area contributed by atoms with Gasteiger partial charge in [0.05, 0.1) is 12.8 Å². The molecule has 0 aromatic carbocycles. The molecule has 1 rings (SSSR count). The Labute approximate surface area is 125 Å². The molecule has 0 atom stereocenters. The third-order valence-electron chi connectivity index (χ3n) is 2.17. The first-order valence-corrected chi connectivity index (χ1v) is 8.69. The summed E-state index contributed by atoms with van der Waals surface area (Å²) < 4.78 is 23.9. The van der Waals surface area contributed by atoms with Gasteiger partial charge in [-0.1, -0.05) is 0 Å². The van der Waals surface area contributed by atoms with Crippen LogP contribution in [0, 0.1) is 0 Å². The maximum Gasteiger partial charge on any atom is 0.355 e. The first-order chi connectivity index (χ1) is 9.78. The van der Waals surface area contributed by atoms with E-state index in [4.69, 9.17) is 5.11 Å². The topological polar surface area (TPSA) is 137 Å². The lowest BCUT2D eigenvalue weighted by Gasteiger charge is -2.06. The van der Waals surface area contributed by atoms with Crippen molar-refractivity contribution in [3.8, 4) is 0 Å². The summed E-state index contributed by atoms with van der Waals surface area (Å²) in [6.45, 7) is 0.686. The highest BCUT2D eigenvalue weighted by Gasteiger charge is 2.09. The molecule has 0 saturated carbocycles. The van der Waals surface area contributed by atoms with Crippen molar-refractivity contribution in [2.24, 2.45) is 0 Å². The molecular weight excluding hydrogens is 320 g/mol. The van der Waals surface area contributed by atoms with Crippen LogP contribution < -0.4 is 15.4 Å². The summed E-state index contributed by atoms with van der Waals surface area (Å²) >= 11 is 1.14. The van der Waals surface area contributed by atoms with E-state index in [1.807, 2.05) is 0 Å². The lowest BCUT2D eigenvalue weighted by molar-refractivity contribution is 0.0691. The van der Waals surface area contributed by atoms with Crippen molar-refractivity contribution in [3.05, 3.63) is 16.1 Å². The van der Waals surface area contributed by atoms with Gasteiger partial charge in [-0.25, -0.2) is 27.7 Å². The maximum absolute atomic E-state index is 11.4. The van der Waals surface area contributed by atoms with Gasteiger partial charge in [-0.15, -0.1) is 11.3 Å². The number of carboxylic acids is 1. The molecule has 0 aliphatic rings. The molecule has 0 spiro atoms. The highest BCUT2D eigenvalue weighted by atomic mass is 32.2. The van der Waals surface area contributed by atoms with Crippen LogP contribution in [0.3, 0.4) is 0 Å². The molecule has 11 heteroatoms. The Bertz CT molecular complexity index is 598. The van der Waals surface area contributed by atoms with Gasteiger partial charge in [0.15, 0.2) is 5.69 Å². The van der Waals surface area contributed by atoms with Gasteiger partial charge in [0.25, 0.3) is 0 Å². The van der Waals surface area contributed by atoms with Gasteiger partial charge in [-0.05, 0) is 6.42 Å². The monoisotopic (exact) mass is 336 g/mol. The lowest BCUT2D eigenvalue weighted by atomic mass is 10.4. The van der Waals surface area contributed by atoms with Gasteiger partial charge in [0, 0.05) is 18.5 Å². The quantitative estimate of drug-likeness (QED) is 0.476. The van der Waals surface area contributed by atoms with Gasteiger partial charge in [-0.2, -0.15) is 0 Å². The van der Waals surface area contributed by atoms with Crippen LogP contribution in [0.2, 0.25) is 0 Å². The van der Waals surface area contributed by atoms with Gasteiger partial charge in [0.1, 0.15) is 5.01 Å². The number of hydrogen-bond donors (Lipinski definition) is 4. The number of carbonyl (C=O) groups excluding carboxylic acids is 1. The number of rotatable bonds is 8. The molecule has 2 amide bonds. The maximum atomic E-state index is 11.4.